The van der Waals surface area contributed by atoms with Gasteiger partial charge in [-0.3, -0.25) is 9.59 Å². The summed E-state index contributed by atoms with van der Waals surface area (Å²) in [6.07, 6.45) is 0.882. The third-order valence-electron chi connectivity index (χ3n) is 3.46. The molecule has 5 nitrogen and oxygen atoms in total. The first-order chi connectivity index (χ1) is 12.0. The number of hydrogen-bond acceptors (Lipinski definition) is 3. The Morgan fingerprint density at radius 2 is 1.84 bits per heavy atom. The second kappa shape index (κ2) is 9.08. The highest BCUT2D eigenvalue weighted by Gasteiger charge is 2.08. The van der Waals surface area contributed by atoms with Crippen LogP contribution in [0.2, 0.25) is 5.02 Å². The molecule has 0 spiro atoms. The van der Waals surface area contributed by atoms with E-state index in [1.165, 1.54) is 0 Å². The van der Waals surface area contributed by atoms with Crippen LogP contribution in [-0.4, -0.2) is 25.0 Å². The van der Waals surface area contributed by atoms with Crippen LogP contribution in [0.25, 0.3) is 0 Å². The molecule has 0 radical (unpaired) electrons. The van der Waals surface area contributed by atoms with Crippen LogP contribution in [0.1, 0.15) is 29.3 Å². The van der Waals surface area contributed by atoms with Gasteiger partial charge in [0.2, 0.25) is 0 Å². The lowest BCUT2D eigenvalue weighted by Crippen LogP contribution is -2.24. The summed E-state index contributed by atoms with van der Waals surface area (Å²) < 4.78 is 5.50. The number of benzene rings is 2. The predicted molar refractivity (Wildman–Crippen MR) is 99.4 cm³/mol. The average molecular weight is 361 g/mol. The third-order valence-corrected chi connectivity index (χ3v) is 3.70. The quantitative estimate of drug-likeness (QED) is 0.789. The van der Waals surface area contributed by atoms with Gasteiger partial charge in [0.1, 0.15) is 5.75 Å². The Kier molecular flexibility index (Phi) is 6.83. The number of carbonyl (C=O) groups excluding carboxylic acids is 2. The lowest BCUT2D eigenvalue weighted by Gasteiger charge is -2.10. The molecule has 0 aliphatic heterocycles. The van der Waals surface area contributed by atoms with Crippen molar-refractivity contribution < 1.29 is 14.3 Å². The normalized spacial score (nSPS) is 10.2. The minimum atomic E-state index is -0.280. The molecule has 0 aliphatic carbocycles. The summed E-state index contributed by atoms with van der Waals surface area (Å²) in [4.78, 5) is 23.8. The molecule has 2 amide bonds. The Labute approximate surface area is 152 Å². The minimum absolute atomic E-state index is 0.110. The van der Waals surface area contributed by atoms with E-state index in [1.54, 1.807) is 42.5 Å². The second-order valence-corrected chi connectivity index (χ2v) is 6.02. The van der Waals surface area contributed by atoms with E-state index >= 15 is 0 Å². The van der Waals surface area contributed by atoms with Gasteiger partial charge in [-0.25, -0.2) is 0 Å². The van der Waals surface area contributed by atoms with Crippen LogP contribution >= 0.6 is 11.6 Å². The van der Waals surface area contributed by atoms with Gasteiger partial charge < -0.3 is 15.4 Å². The first kappa shape index (κ1) is 18.8. The summed E-state index contributed by atoms with van der Waals surface area (Å²) >= 11 is 5.89. The molecular formula is C19H21ClN2O3. The van der Waals surface area contributed by atoms with Gasteiger partial charge >= 0.3 is 0 Å². The summed E-state index contributed by atoms with van der Waals surface area (Å²) in [7, 11) is 0. The molecule has 0 bridgehead atoms. The zero-order chi connectivity index (χ0) is 18.2. The Morgan fingerprint density at radius 1 is 1.12 bits per heavy atom. The zero-order valence-electron chi connectivity index (χ0n) is 14.3. The van der Waals surface area contributed by atoms with Gasteiger partial charge in [-0.2, -0.15) is 0 Å². The monoisotopic (exact) mass is 360 g/mol. The number of amides is 2. The van der Waals surface area contributed by atoms with Gasteiger partial charge in [-0.1, -0.05) is 18.5 Å². The highest BCUT2D eigenvalue weighted by Crippen LogP contribution is 2.21. The number of aryl methyl sites for hydroxylation is 1. The fraction of sp³-hybridized carbons (Fsp3) is 0.263. The molecule has 0 atom stereocenters. The summed E-state index contributed by atoms with van der Waals surface area (Å²) in [6.45, 7) is 4.38. The molecule has 2 N–H and O–H groups in total. The fourth-order valence-corrected chi connectivity index (χ4v) is 2.39. The number of nitrogens with one attached hydrogen (secondary N) is 2. The van der Waals surface area contributed by atoms with Gasteiger partial charge in [0.15, 0.2) is 6.61 Å². The summed E-state index contributed by atoms with van der Waals surface area (Å²) in [5.41, 5.74) is 2.02. The van der Waals surface area contributed by atoms with Crippen molar-refractivity contribution in [1.29, 1.82) is 0 Å². The maximum absolute atomic E-state index is 12.0. The van der Waals surface area contributed by atoms with Crippen LogP contribution in [0.5, 0.6) is 5.75 Å². The highest BCUT2D eigenvalue weighted by atomic mass is 35.5. The van der Waals surface area contributed by atoms with Gasteiger partial charge in [0.05, 0.1) is 0 Å². The molecule has 2 rings (SSSR count). The van der Waals surface area contributed by atoms with Crippen LogP contribution in [0.4, 0.5) is 5.69 Å². The molecule has 2 aromatic carbocycles. The largest absolute Gasteiger partial charge is 0.483 e. The average Bonchev–Trinajstić information content (AvgIpc) is 2.59. The zero-order valence-corrected chi connectivity index (χ0v) is 15.0. The fourth-order valence-electron chi connectivity index (χ4n) is 2.16. The van der Waals surface area contributed by atoms with Crippen molar-refractivity contribution in [2.45, 2.75) is 20.3 Å². The van der Waals surface area contributed by atoms with Crippen molar-refractivity contribution >= 4 is 29.1 Å². The van der Waals surface area contributed by atoms with E-state index in [-0.39, 0.29) is 18.4 Å². The van der Waals surface area contributed by atoms with Crippen molar-refractivity contribution in [3.63, 3.8) is 0 Å². The van der Waals surface area contributed by atoms with E-state index in [9.17, 15) is 9.59 Å². The molecule has 25 heavy (non-hydrogen) atoms. The maximum Gasteiger partial charge on any atom is 0.262 e. The Bertz CT molecular complexity index is 745. The molecule has 0 unspecified atom stereocenters. The number of anilines is 1. The third kappa shape index (κ3) is 5.80. The van der Waals surface area contributed by atoms with Crippen molar-refractivity contribution in [1.82, 2.24) is 5.32 Å². The second-order valence-electron chi connectivity index (χ2n) is 5.58. The van der Waals surface area contributed by atoms with Gasteiger partial charge in [-0.15, -0.1) is 0 Å². The molecule has 6 heteroatoms. The lowest BCUT2D eigenvalue weighted by molar-refractivity contribution is -0.118. The summed E-state index contributed by atoms with van der Waals surface area (Å²) in [6, 6.07) is 11.9. The van der Waals surface area contributed by atoms with Gasteiger partial charge in [0, 0.05) is 22.8 Å². The van der Waals surface area contributed by atoms with Gasteiger partial charge in [-0.05, 0) is 61.4 Å². The molecule has 2 aromatic rings. The molecular weight excluding hydrogens is 340 g/mol. The van der Waals surface area contributed by atoms with Gasteiger partial charge in [0.25, 0.3) is 11.8 Å². The SMILES string of the molecule is CCCNC(=O)c1ccc(NC(=O)COc2ccc(Cl)cc2C)cc1. The highest BCUT2D eigenvalue weighted by molar-refractivity contribution is 6.30. The van der Waals surface area contributed by atoms with Crippen molar-refractivity contribution in [3.8, 4) is 5.75 Å². The first-order valence-electron chi connectivity index (χ1n) is 8.06. The van der Waals surface area contributed by atoms with E-state index in [0.29, 0.717) is 28.6 Å². The maximum atomic E-state index is 12.0. The molecule has 0 aliphatic rings. The number of ether oxygens (including phenoxy) is 1. The lowest BCUT2D eigenvalue weighted by atomic mass is 10.2. The molecule has 0 aromatic heterocycles. The van der Waals surface area contributed by atoms with Crippen molar-refractivity contribution in [2.75, 3.05) is 18.5 Å². The van der Waals surface area contributed by atoms with Crippen LogP contribution in [-0.2, 0) is 4.79 Å². The van der Waals surface area contributed by atoms with E-state index < -0.39 is 0 Å². The topological polar surface area (TPSA) is 67.4 Å². The van der Waals surface area contributed by atoms with E-state index in [1.807, 2.05) is 13.8 Å². The number of halogens is 1. The number of rotatable bonds is 7. The minimum Gasteiger partial charge on any atom is -0.483 e. The first-order valence-corrected chi connectivity index (χ1v) is 8.44. The Morgan fingerprint density at radius 3 is 2.48 bits per heavy atom. The van der Waals surface area contributed by atoms with Crippen LogP contribution in [0.15, 0.2) is 42.5 Å². The number of carbonyl (C=O) groups is 2. The number of hydrogen-bond donors (Lipinski definition) is 2. The van der Waals surface area contributed by atoms with Crippen molar-refractivity contribution in [2.24, 2.45) is 0 Å². The summed E-state index contributed by atoms with van der Waals surface area (Å²) in [5, 5.41) is 6.15. The predicted octanol–water partition coefficient (Wildman–Crippen LogP) is 3.81. The van der Waals surface area contributed by atoms with E-state index in [4.69, 9.17) is 16.3 Å². The van der Waals surface area contributed by atoms with Crippen LogP contribution < -0.4 is 15.4 Å². The van der Waals surface area contributed by atoms with Crippen LogP contribution in [0.3, 0.4) is 0 Å². The molecule has 0 heterocycles. The van der Waals surface area contributed by atoms with E-state index in [0.717, 1.165) is 12.0 Å². The summed E-state index contributed by atoms with van der Waals surface area (Å²) in [5.74, 6) is 0.210. The smallest absolute Gasteiger partial charge is 0.262 e. The Balaban J connectivity index is 1.87. The standard InChI is InChI=1S/C19H21ClN2O3/c1-3-10-21-19(24)14-4-7-16(8-5-14)22-18(23)12-25-17-9-6-15(20)11-13(17)2/h4-9,11H,3,10,12H2,1-2H3,(H,21,24)(H,22,23). The van der Waals surface area contributed by atoms with E-state index in [2.05, 4.69) is 10.6 Å². The Hall–Kier alpha value is -2.53. The van der Waals surface area contributed by atoms with Crippen molar-refractivity contribution in [3.05, 3.63) is 58.6 Å². The molecule has 0 fully saturated rings. The molecule has 0 saturated heterocycles. The van der Waals surface area contributed by atoms with Crippen LogP contribution in [0, 0.1) is 6.92 Å². The molecule has 132 valence electrons. The molecule has 0 saturated carbocycles.